The van der Waals surface area contributed by atoms with Crippen molar-refractivity contribution in [1.29, 1.82) is 0 Å². The Labute approximate surface area is 87.0 Å². The number of hydrogen-bond donors (Lipinski definition) is 0. The number of rotatable bonds is 3. The molecule has 0 aliphatic rings. The van der Waals surface area contributed by atoms with Gasteiger partial charge in [0.1, 0.15) is 0 Å². The summed E-state index contributed by atoms with van der Waals surface area (Å²) in [6.07, 6.45) is 7.60. The van der Waals surface area contributed by atoms with Crippen LogP contribution in [0.15, 0.2) is 35.9 Å². The topological polar surface area (TPSA) is 0 Å². The summed E-state index contributed by atoms with van der Waals surface area (Å²) in [5.74, 6) is 0. The zero-order valence-corrected chi connectivity index (χ0v) is 9.25. The van der Waals surface area contributed by atoms with E-state index in [1.807, 2.05) is 6.92 Å². The van der Waals surface area contributed by atoms with E-state index in [0.29, 0.717) is 0 Å². The fraction of sp³-hybridized carbons (Fsp3) is 0.286. The van der Waals surface area contributed by atoms with Crippen LogP contribution >= 0.6 is 0 Å². The third-order valence-corrected chi connectivity index (χ3v) is 2.30. The summed E-state index contributed by atoms with van der Waals surface area (Å²) >= 11 is 0. The molecule has 0 heterocycles. The van der Waals surface area contributed by atoms with E-state index in [4.69, 9.17) is 0 Å². The zero-order valence-electron chi connectivity index (χ0n) is 9.25. The lowest BCUT2D eigenvalue weighted by Crippen LogP contribution is -1.81. The van der Waals surface area contributed by atoms with E-state index in [1.165, 1.54) is 16.7 Å². The minimum atomic E-state index is 1.12. The maximum atomic E-state index is 2.26. The van der Waals surface area contributed by atoms with Crippen molar-refractivity contribution in [1.82, 2.24) is 0 Å². The van der Waals surface area contributed by atoms with Crippen LogP contribution in [0.4, 0.5) is 0 Å². The predicted octanol–water partition coefficient (Wildman–Crippen LogP) is 4.53. The second kappa shape index (κ2) is 5.43. The van der Waals surface area contributed by atoms with Crippen LogP contribution in [-0.4, -0.2) is 0 Å². The van der Waals surface area contributed by atoms with Gasteiger partial charge in [0.2, 0.25) is 0 Å². The molecule has 0 unspecified atom stereocenters. The third-order valence-electron chi connectivity index (χ3n) is 2.30. The minimum absolute atomic E-state index is 1.12. The molecule has 0 fully saturated rings. The van der Waals surface area contributed by atoms with Gasteiger partial charge in [-0.3, -0.25) is 0 Å². The van der Waals surface area contributed by atoms with Crippen molar-refractivity contribution in [3.63, 3.8) is 0 Å². The fourth-order valence-electron chi connectivity index (χ4n) is 1.34. The molecule has 1 rings (SSSR count). The van der Waals surface area contributed by atoms with Crippen LogP contribution in [0.25, 0.3) is 12.2 Å². The van der Waals surface area contributed by atoms with Crippen molar-refractivity contribution in [2.24, 2.45) is 0 Å². The van der Waals surface area contributed by atoms with Crippen molar-refractivity contribution in [3.05, 3.63) is 47.0 Å². The van der Waals surface area contributed by atoms with E-state index in [1.54, 1.807) is 0 Å². The molecular formula is C14H18. The van der Waals surface area contributed by atoms with Crippen LogP contribution in [0.5, 0.6) is 0 Å². The number of hydrogen-bond acceptors (Lipinski definition) is 0. The molecule has 0 nitrogen and oxygen atoms in total. The number of allylic oxidation sites excluding steroid dienone is 2. The van der Waals surface area contributed by atoms with Crippen LogP contribution in [0, 0.1) is 0 Å². The predicted molar refractivity (Wildman–Crippen MR) is 65.1 cm³/mol. The minimum Gasteiger partial charge on any atom is -0.0870 e. The van der Waals surface area contributed by atoms with Gasteiger partial charge >= 0.3 is 0 Å². The summed E-state index contributed by atoms with van der Waals surface area (Å²) in [6.45, 7) is 6.41. The summed E-state index contributed by atoms with van der Waals surface area (Å²) < 4.78 is 0. The molecule has 74 valence electrons. The van der Waals surface area contributed by atoms with Gasteiger partial charge in [-0.2, -0.15) is 0 Å². The van der Waals surface area contributed by atoms with Crippen LogP contribution in [0.1, 0.15) is 38.3 Å². The maximum absolute atomic E-state index is 2.26. The third kappa shape index (κ3) is 2.88. The Hall–Kier alpha value is -1.30. The van der Waals surface area contributed by atoms with Gasteiger partial charge in [0.25, 0.3) is 0 Å². The Bertz CT molecular complexity index is 343. The van der Waals surface area contributed by atoms with Gasteiger partial charge in [0.15, 0.2) is 0 Å². The van der Waals surface area contributed by atoms with Gasteiger partial charge in [-0.1, -0.05) is 55.0 Å². The average molecular weight is 186 g/mol. The van der Waals surface area contributed by atoms with Crippen LogP contribution in [0.3, 0.4) is 0 Å². The molecule has 0 saturated heterocycles. The highest BCUT2D eigenvalue weighted by Crippen LogP contribution is 2.15. The lowest BCUT2D eigenvalue weighted by molar-refractivity contribution is 1.11. The molecule has 14 heavy (non-hydrogen) atoms. The fourth-order valence-corrected chi connectivity index (χ4v) is 1.34. The first-order chi connectivity index (χ1) is 6.77. The number of benzene rings is 1. The summed E-state index contributed by atoms with van der Waals surface area (Å²) in [5.41, 5.74) is 4.02. The molecule has 0 saturated carbocycles. The van der Waals surface area contributed by atoms with E-state index in [2.05, 4.69) is 56.3 Å². The molecule has 0 spiro atoms. The van der Waals surface area contributed by atoms with Crippen LogP contribution in [0.2, 0.25) is 0 Å². The van der Waals surface area contributed by atoms with E-state index in [0.717, 1.165) is 6.42 Å². The highest BCUT2D eigenvalue weighted by atomic mass is 14.0. The van der Waals surface area contributed by atoms with E-state index in [9.17, 15) is 0 Å². The van der Waals surface area contributed by atoms with Gasteiger partial charge in [-0.15, -0.1) is 0 Å². The molecule has 0 amide bonds. The molecular weight excluding hydrogens is 168 g/mol. The molecule has 1 aromatic rings. The average Bonchev–Trinajstić information content (AvgIpc) is 2.21. The SMILES string of the molecule is CC=Cc1ccccc1C=C(C)CC. The molecule has 1 aromatic carbocycles. The molecule has 0 N–H and O–H groups in total. The van der Waals surface area contributed by atoms with Crippen molar-refractivity contribution in [2.45, 2.75) is 27.2 Å². The second-order valence-electron chi connectivity index (χ2n) is 3.47. The van der Waals surface area contributed by atoms with Crippen LogP contribution in [-0.2, 0) is 0 Å². The molecule has 0 aromatic heterocycles. The Balaban J connectivity index is 3.07. The van der Waals surface area contributed by atoms with Gasteiger partial charge in [0, 0.05) is 0 Å². The molecule has 0 heteroatoms. The lowest BCUT2D eigenvalue weighted by atomic mass is 10.0. The van der Waals surface area contributed by atoms with Gasteiger partial charge in [-0.05, 0) is 31.4 Å². The van der Waals surface area contributed by atoms with Crippen molar-refractivity contribution < 1.29 is 0 Å². The van der Waals surface area contributed by atoms with E-state index in [-0.39, 0.29) is 0 Å². The van der Waals surface area contributed by atoms with Crippen molar-refractivity contribution >= 4 is 12.2 Å². The standard InChI is InChI=1S/C14H18/c1-4-8-13-9-6-7-10-14(13)11-12(3)5-2/h4,6-11H,5H2,1-3H3. The second-order valence-corrected chi connectivity index (χ2v) is 3.47. The Kier molecular flexibility index (Phi) is 4.18. The summed E-state index contributed by atoms with van der Waals surface area (Å²) in [7, 11) is 0. The van der Waals surface area contributed by atoms with Gasteiger partial charge in [0.05, 0.1) is 0 Å². The van der Waals surface area contributed by atoms with Crippen LogP contribution < -0.4 is 0 Å². The van der Waals surface area contributed by atoms with Crippen molar-refractivity contribution in [2.75, 3.05) is 0 Å². The van der Waals surface area contributed by atoms with Gasteiger partial charge < -0.3 is 0 Å². The molecule has 0 aliphatic carbocycles. The first-order valence-corrected chi connectivity index (χ1v) is 5.16. The van der Waals surface area contributed by atoms with E-state index >= 15 is 0 Å². The maximum Gasteiger partial charge on any atom is -0.0185 e. The summed E-state index contributed by atoms with van der Waals surface area (Å²) in [6, 6.07) is 8.47. The van der Waals surface area contributed by atoms with E-state index < -0.39 is 0 Å². The monoisotopic (exact) mass is 186 g/mol. The quantitative estimate of drug-likeness (QED) is 0.650. The first kappa shape index (κ1) is 10.8. The molecule has 0 radical (unpaired) electrons. The highest BCUT2D eigenvalue weighted by molar-refractivity contribution is 5.66. The van der Waals surface area contributed by atoms with Crippen molar-refractivity contribution in [3.8, 4) is 0 Å². The lowest BCUT2D eigenvalue weighted by Gasteiger charge is -2.02. The normalized spacial score (nSPS) is 12.4. The molecule has 0 aliphatic heterocycles. The smallest absolute Gasteiger partial charge is 0.0185 e. The first-order valence-electron chi connectivity index (χ1n) is 5.16. The molecule has 0 bridgehead atoms. The molecule has 0 atom stereocenters. The van der Waals surface area contributed by atoms with Gasteiger partial charge in [-0.25, -0.2) is 0 Å². The summed E-state index contributed by atoms with van der Waals surface area (Å²) in [5, 5.41) is 0. The Morgan fingerprint density at radius 1 is 1.21 bits per heavy atom. The largest absolute Gasteiger partial charge is 0.0870 e. The summed E-state index contributed by atoms with van der Waals surface area (Å²) in [4.78, 5) is 0. The zero-order chi connectivity index (χ0) is 10.4. The Morgan fingerprint density at radius 3 is 2.43 bits per heavy atom. The Morgan fingerprint density at radius 2 is 1.86 bits per heavy atom. The highest BCUT2D eigenvalue weighted by Gasteiger charge is 1.94.